The van der Waals surface area contributed by atoms with Gasteiger partial charge >= 0.3 is 0 Å². The van der Waals surface area contributed by atoms with Crippen molar-refractivity contribution in [3.8, 4) is 0 Å². The van der Waals surface area contributed by atoms with E-state index < -0.39 is 20.0 Å². The maximum absolute atomic E-state index is 12.5. The van der Waals surface area contributed by atoms with Gasteiger partial charge in [-0.3, -0.25) is 0 Å². The van der Waals surface area contributed by atoms with Gasteiger partial charge in [0.1, 0.15) is 0 Å². The first-order valence-electron chi connectivity index (χ1n) is 9.45. The van der Waals surface area contributed by atoms with Crippen LogP contribution in [0, 0.1) is 0 Å². The minimum absolute atomic E-state index is 0.0697. The normalized spacial score (nSPS) is 16.9. The summed E-state index contributed by atoms with van der Waals surface area (Å²) in [5.41, 5.74) is 1.16. The molecule has 6 nitrogen and oxygen atoms in total. The molecule has 1 unspecified atom stereocenters. The van der Waals surface area contributed by atoms with Crippen LogP contribution in [0.4, 0.5) is 0 Å². The molecule has 0 aliphatic carbocycles. The number of nitrogens with one attached hydrogen (secondary N) is 1. The lowest BCUT2D eigenvalue weighted by Crippen LogP contribution is -2.28. The summed E-state index contributed by atoms with van der Waals surface area (Å²) in [5.74, 6) is 0.233. The molecule has 2 aromatic rings. The molecule has 1 heterocycles. The van der Waals surface area contributed by atoms with Gasteiger partial charge in [0, 0.05) is 19.6 Å². The molecule has 1 fully saturated rings. The first-order valence-corrected chi connectivity index (χ1v) is 12.4. The third-order valence-electron chi connectivity index (χ3n) is 5.07. The lowest BCUT2D eigenvalue weighted by Gasteiger charge is -2.16. The summed E-state index contributed by atoms with van der Waals surface area (Å²) < 4.78 is 54.1. The van der Waals surface area contributed by atoms with Gasteiger partial charge in [0.2, 0.25) is 20.0 Å². The lowest BCUT2D eigenvalue weighted by molar-refractivity contribution is 0.477. The van der Waals surface area contributed by atoms with Crippen LogP contribution < -0.4 is 4.72 Å². The topological polar surface area (TPSA) is 83.5 Å². The highest BCUT2D eigenvalue weighted by Crippen LogP contribution is 2.22. The first kappa shape index (κ1) is 21.0. The highest BCUT2D eigenvalue weighted by molar-refractivity contribution is 7.89. The molecule has 3 rings (SSSR count). The summed E-state index contributed by atoms with van der Waals surface area (Å²) in [6.07, 6.45) is 2.39. The monoisotopic (exact) mass is 422 g/mol. The van der Waals surface area contributed by atoms with Crippen molar-refractivity contribution in [2.75, 3.05) is 19.6 Å². The smallest absolute Gasteiger partial charge is 0.211 e. The highest BCUT2D eigenvalue weighted by Gasteiger charge is 2.27. The van der Waals surface area contributed by atoms with E-state index in [1.54, 1.807) is 0 Å². The summed E-state index contributed by atoms with van der Waals surface area (Å²) in [6, 6.07) is 15.4. The van der Waals surface area contributed by atoms with E-state index >= 15 is 0 Å². The third-order valence-corrected chi connectivity index (χ3v) is 8.46. The van der Waals surface area contributed by atoms with Gasteiger partial charge in [-0.25, -0.2) is 21.6 Å². The van der Waals surface area contributed by atoms with Crippen LogP contribution in [0.5, 0.6) is 0 Å². The Morgan fingerprint density at radius 3 is 2.07 bits per heavy atom. The third kappa shape index (κ3) is 4.81. The zero-order valence-corrected chi connectivity index (χ0v) is 17.5. The van der Waals surface area contributed by atoms with Crippen molar-refractivity contribution in [1.82, 2.24) is 9.03 Å². The molecule has 0 radical (unpaired) electrons. The van der Waals surface area contributed by atoms with Gasteiger partial charge in [0.25, 0.3) is 0 Å². The molecule has 0 saturated carbocycles. The Kier molecular flexibility index (Phi) is 6.54. The van der Waals surface area contributed by atoms with E-state index in [0.717, 1.165) is 18.4 Å². The van der Waals surface area contributed by atoms with Crippen molar-refractivity contribution in [1.29, 1.82) is 0 Å². The van der Waals surface area contributed by atoms with Crippen LogP contribution in [-0.4, -0.2) is 40.8 Å². The Morgan fingerprint density at radius 1 is 0.893 bits per heavy atom. The van der Waals surface area contributed by atoms with E-state index in [1.807, 2.05) is 30.3 Å². The predicted molar refractivity (Wildman–Crippen MR) is 109 cm³/mol. The van der Waals surface area contributed by atoms with Crippen LogP contribution in [0.25, 0.3) is 0 Å². The molecule has 1 atom stereocenters. The van der Waals surface area contributed by atoms with E-state index in [0.29, 0.717) is 26.1 Å². The first-order chi connectivity index (χ1) is 13.3. The second-order valence-electron chi connectivity index (χ2n) is 7.08. The van der Waals surface area contributed by atoms with Crippen LogP contribution in [0.15, 0.2) is 64.4 Å². The molecule has 1 saturated heterocycles. The van der Waals surface area contributed by atoms with Gasteiger partial charge in [0.05, 0.1) is 9.79 Å². The van der Waals surface area contributed by atoms with Gasteiger partial charge in [0.15, 0.2) is 0 Å². The fourth-order valence-corrected chi connectivity index (χ4v) is 5.87. The molecule has 2 aromatic carbocycles. The summed E-state index contributed by atoms with van der Waals surface area (Å²) in [4.78, 5) is 0.200. The SMILES string of the molecule is CC(CCNS(=O)(=O)c1ccc(S(=O)(=O)N2CCCC2)cc1)c1ccccc1. The minimum Gasteiger partial charge on any atom is -0.211 e. The van der Waals surface area contributed by atoms with Crippen LogP contribution in [0.2, 0.25) is 0 Å². The summed E-state index contributed by atoms with van der Waals surface area (Å²) >= 11 is 0. The van der Waals surface area contributed by atoms with Crippen LogP contribution in [0.3, 0.4) is 0 Å². The minimum atomic E-state index is -3.68. The van der Waals surface area contributed by atoms with E-state index in [-0.39, 0.29) is 15.7 Å². The number of nitrogens with zero attached hydrogens (tertiary/aromatic N) is 1. The maximum atomic E-state index is 12.5. The molecule has 0 aromatic heterocycles. The van der Waals surface area contributed by atoms with Crippen molar-refractivity contribution in [3.05, 3.63) is 60.2 Å². The molecular formula is C20H26N2O4S2. The van der Waals surface area contributed by atoms with Crippen molar-refractivity contribution < 1.29 is 16.8 Å². The number of hydrogen-bond donors (Lipinski definition) is 1. The molecule has 0 spiro atoms. The van der Waals surface area contributed by atoms with Gasteiger partial charge in [-0.05, 0) is 55.0 Å². The molecule has 152 valence electrons. The van der Waals surface area contributed by atoms with Gasteiger partial charge in [-0.1, -0.05) is 37.3 Å². The molecule has 8 heteroatoms. The van der Waals surface area contributed by atoms with Crippen molar-refractivity contribution in [2.45, 2.75) is 41.9 Å². The standard InChI is InChI=1S/C20H26N2O4S2/c1-17(18-7-3-2-4-8-18)13-14-21-27(23,24)19-9-11-20(12-10-19)28(25,26)22-15-5-6-16-22/h2-4,7-12,17,21H,5-6,13-16H2,1H3. The largest absolute Gasteiger partial charge is 0.243 e. The zero-order chi connectivity index (χ0) is 20.2. The molecule has 0 bridgehead atoms. The summed E-state index contributed by atoms with van der Waals surface area (Å²) in [7, 11) is -7.22. The number of sulfonamides is 2. The number of benzene rings is 2. The Balaban J connectivity index is 1.62. The second kappa shape index (κ2) is 8.73. The van der Waals surface area contributed by atoms with Crippen LogP contribution >= 0.6 is 0 Å². The average molecular weight is 423 g/mol. The molecule has 1 aliphatic rings. The highest BCUT2D eigenvalue weighted by atomic mass is 32.2. The summed E-state index contributed by atoms with van der Waals surface area (Å²) in [6.45, 7) is 3.40. The Bertz CT molecular complexity index is 982. The summed E-state index contributed by atoms with van der Waals surface area (Å²) in [5, 5.41) is 0. The number of rotatable bonds is 8. The quantitative estimate of drug-likeness (QED) is 0.709. The number of hydrogen-bond acceptors (Lipinski definition) is 4. The molecule has 0 amide bonds. The van der Waals surface area contributed by atoms with E-state index in [2.05, 4.69) is 11.6 Å². The van der Waals surface area contributed by atoms with Crippen LogP contribution in [-0.2, 0) is 20.0 Å². The van der Waals surface area contributed by atoms with Crippen molar-refractivity contribution in [2.24, 2.45) is 0 Å². The second-order valence-corrected chi connectivity index (χ2v) is 10.8. The van der Waals surface area contributed by atoms with E-state index in [1.165, 1.54) is 28.6 Å². The van der Waals surface area contributed by atoms with Crippen LogP contribution in [0.1, 0.15) is 37.7 Å². The molecule has 28 heavy (non-hydrogen) atoms. The molecular weight excluding hydrogens is 396 g/mol. The van der Waals surface area contributed by atoms with E-state index in [9.17, 15) is 16.8 Å². The van der Waals surface area contributed by atoms with Crippen molar-refractivity contribution >= 4 is 20.0 Å². The zero-order valence-electron chi connectivity index (χ0n) is 15.9. The lowest BCUT2D eigenvalue weighted by atomic mass is 9.98. The molecule has 1 aliphatic heterocycles. The fourth-order valence-electron chi connectivity index (χ4n) is 3.31. The van der Waals surface area contributed by atoms with Gasteiger partial charge in [-0.15, -0.1) is 0 Å². The molecule has 1 N–H and O–H groups in total. The fraction of sp³-hybridized carbons (Fsp3) is 0.400. The predicted octanol–water partition coefficient (Wildman–Crippen LogP) is 2.94. The van der Waals surface area contributed by atoms with Crippen molar-refractivity contribution in [3.63, 3.8) is 0 Å². The Labute approximate surface area is 167 Å². The Hall–Kier alpha value is -1.74. The average Bonchev–Trinajstić information content (AvgIpc) is 3.24. The van der Waals surface area contributed by atoms with Gasteiger partial charge in [-0.2, -0.15) is 4.31 Å². The van der Waals surface area contributed by atoms with Gasteiger partial charge < -0.3 is 0 Å². The maximum Gasteiger partial charge on any atom is 0.243 e. The van der Waals surface area contributed by atoms with E-state index in [4.69, 9.17) is 0 Å². The Morgan fingerprint density at radius 2 is 1.46 bits per heavy atom.